The third kappa shape index (κ3) is 9.56. The monoisotopic (exact) mass is 199 g/mol. The van der Waals surface area contributed by atoms with Gasteiger partial charge in [0.2, 0.25) is 0 Å². The van der Waals surface area contributed by atoms with E-state index in [1.807, 2.05) is 0 Å². The van der Waals surface area contributed by atoms with E-state index in [1.54, 1.807) is 0 Å². The second-order valence-electron chi connectivity index (χ2n) is 1.59. The molecule has 0 amide bonds. The number of hydrogen-bond donors (Lipinski definition) is 4. The maximum atomic E-state index is 10.3. The number of hydrogen-bond acceptors (Lipinski definition) is 4. The third-order valence-corrected chi connectivity index (χ3v) is 1.40. The number of nitrogens with two attached hydrogens (primary N) is 1. The predicted molar refractivity (Wildman–Crippen MR) is 44.0 cm³/mol. The topological polar surface area (TPSA) is 108 Å². The third-order valence-electron chi connectivity index (χ3n) is 0.650. The smallest absolute Gasteiger partial charge is 0.266 e. The van der Waals surface area contributed by atoms with Crippen molar-refractivity contribution in [3.63, 3.8) is 0 Å². The van der Waals surface area contributed by atoms with Crippen molar-refractivity contribution in [1.82, 2.24) is 5.32 Å². The van der Waals surface area contributed by atoms with Gasteiger partial charge in [0.1, 0.15) is 0 Å². The summed E-state index contributed by atoms with van der Waals surface area (Å²) in [7, 11) is -3.54. The lowest BCUT2D eigenvalue weighted by Crippen LogP contribution is -2.33. The van der Waals surface area contributed by atoms with Crippen molar-refractivity contribution in [3.05, 3.63) is 0 Å². The molecule has 6 nitrogen and oxygen atoms in total. The highest BCUT2D eigenvalue weighted by molar-refractivity contribution is 8.27. The molecule has 66 valence electrons. The van der Waals surface area contributed by atoms with Crippen LogP contribution in [0.25, 0.3) is 0 Å². The van der Waals surface area contributed by atoms with Crippen LogP contribution in [-0.2, 0) is 24.4 Å². The van der Waals surface area contributed by atoms with Crippen LogP contribution in [0.5, 0.6) is 0 Å². The standard InChI is InChI=1S/C3H9N3O3S2/c4-3(5)6-1-2-9-11(7,8)10/h1-2H2,(H4,4,5,6)(H,7,8,10). The zero-order chi connectivity index (χ0) is 8.91. The van der Waals surface area contributed by atoms with Gasteiger partial charge in [-0.3, -0.25) is 14.1 Å². The second-order valence-corrected chi connectivity index (χ2v) is 3.95. The van der Waals surface area contributed by atoms with E-state index in [9.17, 15) is 4.21 Å². The minimum absolute atomic E-state index is 0.0571. The molecule has 0 aliphatic heterocycles. The van der Waals surface area contributed by atoms with Gasteiger partial charge in [0.15, 0.2) is 5.96 Å². The Hall–Kier alpha value is -0.440. The van der Waals surface area contributed by atoms with Gasteiger partial charge in [-0.25, -0.2) is 0 Å². The van der Waals surface area contributed by atoms with E-state index in [0.717, 1.165) is 0 Å². The number of rotatable bonds is 4. The Bertz CT molecular complexity index is 224. The van der Waals surface area contributed by atoms with Gasteiger partial charge in [0.05, 0.1) is 6.61 Å². The molecule has 0 saturated heterocycles. The zero-order valence-electron chi connectivity index (χ0n) is 5.57. The summed E-state index contributed by atoms with van der Waals surface area (Å²) in [5.74, 6) is -0.220. The molecule has 0 radical (unpaired) electrons. The van der Waals surface area contributed by atoms with Crippen LogP contribution in [0.2, 0.25) is 0 Å². The van der Waals surface area contributed by atoms with E-state index in [2.05, 4.69) is 20.7 Å². The first-order valence-electron chi connectivity index (χ1n) is 2.61. The van der Waals surface area contributed by atoms with Crippen molar-refractivity contribution in [3.8, 4) is 0 Å². The van der Waals surface area contributed by atoms with Gasteiger partial charge in [-0.15, -0.1) is 0 Å². The second kappa shape index (κ2) is 4.44. The fourth-order valence-electron chi connectivity index (χ4n) is 0.333. The van der Waals surface area contributed by atoms with Crippen molar-refractivity contribution in [2.24, 2.45) is 5.73 Å². The minimum Gasteiger partial charge on any atom is -0.370 e. The molecular weight excluding hydrogens is 190 g/mol. The highest BCUT2D eigenvalue weighted by atomic mass is 32.9. The summed E-state index contributed by atoms with van der Waals surface area (Å²) >= 11 is 4.01. The van der Waals surface area contributed by atoms with E-state index in [1.165, 1.54) is 0 Å². The quantitative estimate of drug-likeness (QED) is 0.252. The van der Waals surface area contributed by atoms with Crippen LogP contribution >= 0.6 is 0 Å². The molecule has 1 atom stereocenters. The van der Waals surface area contributed by atoms with Crippen molar-refractivity contribution < 1.29 is 12.9 Å². The van der Waals surface area contributed by atoms with Gasteiger partial charge in [-0.2, -0.15) is 4.21 Å². The van der Waals surface area contributed by atoms with E-state index in [4.69, 9.17) is 15.7 Å². The molecule has 0 aromatic rings. The summed E-state index contributed by atoms with van der Waals surface area (Å²) in [4.78, 5) is 0. The van der Waals surface area contributed by atoms with E-state index in [0.29, 0.717) is 0 Å². The van der Waals surface area contributed by atoms with Crippen LogP contribution < -0.4 is 11.1 Å². The molecule has 0 aromatic carbocycles. The van der Waals surface area contributed by atoms with Gasteiger partial charge in [0, 0.05) is 17.7 Å². The molecule has 5 N–H and O–H groups in total. The average molecular weight is 199 g/mol. The molecule has 0 fully saturated rings. The molecule has 0 spiro atoms. The molecule has 8 heteroatoms. The first-order chi connectivity index (χ1) is 4.92. The first-order valence-corrected chi connectivity index (χ1v) is 4.98. The van der Waals surface area contributed by atoms with Crippen molar-refractivity contribution in [2.75, 3.05) is 13.2 Å². The van der Waals surface area contributed by atoms with E-state index >= 15 is 0 Å². The summed E-state index contributed by atoms with van der Waals surface area (Å²) in [6.07, 6.45) is 0. The largest absolute Gasteiger partial charge is 0.370 e. The molecule has 0 heterocycles. The lowest BCUT2D eigenvalue weighted by molar-refractivity contribution is 0.308. The van der Waals surface area contributed by atoms with Crippen molar-refractivity contribution in [2.45, 2.75) is 0 Å². The van der Waals surface area contributed by atoms with E-state index in [-0.39, 0.29) is 19.1 Å². The molecular formula is C3H9N3O3S2. The zero-order valence-corrected chi connectivity index (χ0v) is 7.20. The molecule has 0 aromatic heterocycles. The van der Waals surface area contributed by atoms with Gasteiger partial charge in [-0.05, 0) is 0 Å². The van der Waals surface area contributed by atoms with Crippen LogP contribution in [0, 0.1) is 5.41 Å². The normalized spacial score (nSPS) is 15.4. The Balaban J connectivity index is 3.37. The molecule has 1 unspecified atom stereocenters. The molecule has 0 rings (SSSR count). The Morgan fingerprint density at radius 2 is 2.45 bits per heavy atom. The predicted octanol–water partition coefficient (Wildman–Crippen LogP) is -1.38. The van der Waals surface area contributed by atoms with E-state index < -0.39 is 9.05 Å². The number of nitrogens with one attached hydrogen (secondary N) is 2. The number of guanidine groups is 1. The summed E-state index contributed by atoms with van der Waals surface area (Å²) in [5.41, 5.74) is 4.90. The summed E-state index contributed by atoms with van der Waals surface area (Å²) in [6, 6.07) is 0. The molecule has 0 aliphatic carbocycles. The first kappa shape index (κ1) is 10.6. The fraction of sp³-hybridized carbons (Fsp3) is 0.667. The van der Waals surface area contributed by atoms with Crippen LogP contribution in [-0.4, -0.2) is 27.9 Å². The minimum atomic E-state index is -3.54. The maximum Gasteiger partial charge on any atom is 0.266 e. The Morgan fingerprint density at radius 3 is 2.82 bits per heavy atom. The molecule has 11 heavy (non-hydrogen) atoms. The summed E-state index contributed by atoms with van der Waals surface area (Å²) in [5, 5.41) is 9.05. The maximum absolute atomic E-state index is 10.3. The molecule has 0 aliphatic rings. The highest BCUT2D eigenvalue weighted by Crippen LogP contribution is 1.83. The SMILES string of the molecule is N=C(N)NCCOS(=O)(O)=S. The van der Waals surface area contributed by atoms with Crippen molar-refractivity contribution in [1.29, 1.82) is 5.41 Å². The Labute approximate surface area is 69.3 Å². The van der Waals surface area contributed by atoms with Crippen LogP contribution in [0.1, 0.15) is 0 Å². The highest BCUT2D eigenvalue weighted by Gasteiger charge is 1.97. The van der Waals surface area contributed by atoms with Gasteiger partial charge in [0.25, 0.3) is 9.05 Å². The molecule has 0 saturated carbocycles. The van der Waals surface area contributed by atoms with Gasteiger partial charge in [-0.1, -0.05) is 0 Å². The lowest BCUT2D eigenvalue weighted by Gasteiger charge is -2.02. The van der Waals surface area contributed by atoms with Crippen LogP contribution in [0.3, 0.4) is 0 Å². The lowest BCUT2D eigenvalue weighted by atomic mass is 10.7. The summed E-state index contributed by atoms with van der Waals surface area (Å²) in [6.45, 7) is 0.127. The van der Waals surface area contributed by atoms with Crippen LogP contribution in [0.15, 0.2) is 0 Å². The van der Waals surface area contributed by atoms with Crippen LogP contribution in [0.4, 0.5) is 0 Å². The van der Waals surface area contributed by atoms with Crippen molar-refractivity contribution >= 4 is 26.2 Å². The average Bonchev–Trinajstić information content (AvgIpc) is 1.78. The van der Waals surface area contributed by atoms with Gasteiger partial charge >= 0.3 is 0 Å². The molecule has 0 bridgehead atoms. The Morgan fingerprint density at radius 1 is 1.91 bits per heavy atom. The van der Waals surface area contributed by atoms with Gasteiger partial charge < -0.3 is 11.1 Å². The fourth-order valence-corrected chi connectivity index (χ4v) is 0.831. The summed E-state index contributed by atoms with van der Waals surface area (Å²) < 4.78 is 22.9. The Kier molecular flexibility index (Phi) is 4.26.